The number of benzene rings is 1. The van der Waals surface area contributed by atoms with Crippen molar-refractivity contribution in [2.45, 2.75) is 19.4 Å². The number of fused-ring (bicyclic) bond motifs is 1. The fourth-order valence-corrected chi connectivity index (χ4v) is 2.78. The molecule has 0 amide bonds. The normalized spacial score (nSPS) is 10.8. The Labute approximate surface area is 144 Å². The van der Waals surface area contributed by atoms with Crippen LogP contribution in [-0.2, 0) is 13.0 Å². The molecule has 8 nitrogen and oxygen atoms in total. The van der Waals surface area contributed by atoms with E-state index >= 15 is 0 Å². The third kappa shape index (κ3) is 3.15. The standard InChI is InChI=1S/C17H20N4O4/c1-23-12-9-11-14(16(25-3)15(12)24-2)20-10-21(17(11)22)8-4-5-13-18-6-7-19-13/h6-7,9-10H,4-5,8H2,1-3H3,(H,18,19). The van der Waals surface area contributed by atoms with E-state index in [0.29, 0.717) is 34.7 Å². The maximum Gasteiger partial charge on any atom is 0.261 e. The fraction of sp³-hybridized carbons (Fsp3) is 0.353. The second-order valence-corrected chi connectivity index (χ2v) is 5.42. The summed E-state index contributed by atoms with van der Waals surface area (Å²) in [4.78, 5) is 24.4. The molecule has 0 fully saturated rings. The lowest BCUT2D eigenvalue weighted by Gasteiger charge is -2.14. The zero-order valence-electron chi connectivity index (χ0n) is 14.4. The molecule has 0 aliphatic heterocycles. The van der Waals surface area contributed by atoms with E-state index in [2.05, 4.69) is 15.0 Å². The predicted octanol–water partition coefficient (Wildman–Crippen LogP) is 1.78. The molecule has 0 unspecified atom stereocenters. The molecule has 3 aromatic rings. The Morgan fingerprint density at radius 1 is 1.12 bits per heavy atom. The minimum Gasteiger partial charge on any atom is -0.493 e. The van der Waals surface area contributed by atoms with Gasteiger partial charge in [0.2, 0.25) is 5.75 Å². The molecule has 0 spiro atoms. The van der Waals surface area contributed by atoms with Crippen LogP contribution in [0.4, 0.5) is 0 Å². The molecule has 0 atom stereocenters. The van der Waals surface area contributed by atoms with Crippen LogP contribution in [0.2, 0.25) is 0 Å². The van der Waals surface area contributed by atoms with Crippen molar-refractivity contribution in [2.24, 2.45) is 0 Å². The average molecular weight is 344 g/mol. The molecule has 0 bridgehead atoms. The van der Waals surface area contributed by atoms with Crippen molar-refractivity contribution in [3.05, 3.63) is 41.0 Å². The van der Waals surface area contributed by atoms with Gasteiger partial charge in [0, 0.05) is 25.4 Å². The lowest BCUT2D eigenvalue weighted by atomic mass is 10.2. The van der Waals surface area contributed by atoms with Gasteiger partial charge in [0.1, 0.15) is 11.3 Å². The molecule has 25 heavy (non-hydrogen) atoms. The molecule has 1 N–H and O–H groups in total. The minimum atomic E-state index is -0.149. The van der Waals surface area contributed by atoms with Gasteiger partial charge in [0.05, 0.1) is 33.0 Å². The van der Waals surface area contributed by atoms with Gasteiger partial charge in [-0.2, -0.15) is 0 Å². The first-order chi connectivity index (χ1) is 12.2. The van der Waals surface area contributed by atoms with Crippen LogP contribution in [0.25, 0.3) is 10.9 Å². The molecular formula is C17H20N4O4. The summed E-state index contributed by atoms with van der Waals surface area (Å²) in [6.07, 6.45) is 6.55. The highest BCUT2D eigenvalue weighted by atomic mass is 16.5. The van der Waals surface area contributed by atoms with Crippen molar-refractivity contribution in [2.75, 3.05) is 21.3 Å². The molecule has 8 heteroatoms. The van der Waals surface area contributed by atoms with Crippen molar-refractivity contribution in [3.63, 3.8) is 0 Å². The topological polar surface area (TPSA) is 91.3 Å². The Hall–Kier alpha value is -3.03. The lowest BCUT2D eigenvalue weighted by Crippen LogP contribution is -2.21. The highest BCUT2D eigenvalue weighted by Crippen LogP contribution is 2.41. The van der Waals surface area contributed by atoms with E-state index in [1.807, 2.05) is 0 Å². The van der Waals surface area contributed by atoms with Crippen LogP contribution in [0.15, 0.2) is 29.6 Å². The van der Waals surface area contributed by atoms with E-state index in [1.165, 1.54) is 27.7 Å². The number of hydrogen-bond acceptors (Lipinski definition) is 6. The Morgan fingerprint density at radius 2 is 1.92 bits per heavy atom. The molecular weight excluding hydrogens is 324 g/mol. The number of aromatic amines is 1. The number of nitrogens with one attached hydrogen (secondary N) is 1. The number of nitrogens with zero attached hydrogens (tertiary/aromatic N) is 3. The van der Waals surface area contributed by atoms with Gasteiger partial charge < -0.3 is 19.2 Å². The van der Waals surface area contributed by atoms with E-state index in [4.69, 9.17) is 14.2 Å². The zero-order valence-corrected chi connectivity index (χ0v) is 14.4. The third-order valence-electron chi connectivity index (χ3n) is 3.99. The minimum absolute atomic E-state index is 0.149. The van der Waals surface area contributed by atoms with Crippen molar-refractivity contribution >= 4 is 10.9 Å². The van der Waals surface area contributed by atoms with Crippen LogP contribution in [-0.4, -0.2) is 40.8 Å². The molecule has 2 aromatic heterocycles. The van der Waals surface area contributed by atoms with Crippen LogP contribution < -0.4 is 19.8 Å². The Kier molecular flexibility index (Phi) is 4.87. The molecule has 0 saturated heterocycles. The zero-order chi connectivity index (χ0) is 17.8. The first-order valence-electron chi connectivity index (χ1n) is 7.86. The summed E-state index contributed by atoms with van der Waals surface area (Å²) in [7, 11) is 4.54. The van der Waals surface area contributed by atoms with Crippen LogP contribution in [0.3, 0.4) is 0 Å². The van der Waals surface area contributed by atoms with Gasteiger partial charge in [-0.1, -0.05) is 0 Å². The van der Waals surface area contributed by atoms with Gasteiger partial charge in [0.25, 0.3) is 5.56 Å². The van der Waals surface area contributed by atoms with E-state index in [-0.39, 0.29) is 5.56 Å². The highest BCUT2D eigenvalue weighted by molar-refractivity contribution is 5.89. The lowest BCUT2D eigenvalue weighted by molar-refractivity contribution is 0.326. The first-order valence-corrected chi connectivity index (χ1v) is 7.86. The maximum atomic E-state index is 12.8. The monoisotopic (exact) mass is 344 g/mol. The van der Waals surface area contributed by atoms with E-state index in [9.17, 15) is 4.79 Å². The number of aromatic nitrogens is 4. The van der Waals surface area contributed by atoms with Crippen LogP contribution in [0.5, 0.6) is 17.2 Å². The summed E-state index contributed by atoms with van der Waals surface area (Å²) in [6, 6.07) is 1.63. The average Bonchev–Trinajstić information content (AvgIpc) is 3.15. The van der Waals surface area contributed by atoms with Crippen LogP contribution >= 0.6 is 0 Å². The largest absolute Gasteiger partial charge is 0.493 e. The summed E-state index contributed by atoms with van der Waals surface area (Å²) in [5, 5.41) is 0.426. The number of imidazole rings is 1. The molecule has 3 rings (SSSR count). The number of rotatable bonds is 7. The highest BCUT2D eigenvalue weighted by Gasteiger charge is 2.19. The van der Waals surface area contributed by atoms with E-state index in [1.54, 1.807) is 23.0 Å². The van der Waals surface area contributed by atoms with Crippen molar-refractivity contribution in [1.29, 1.82) is 0 Å². The summed E-state index contributed by atoms with van der Waals surface area (Å²) < 4.78 is 17.6. The van der Waals surface area contributed by atoms with Crippen LogP contribution in [0, 0.1) is 0 Å². The van der Waals surface area contributed by atoms with Gasteiger partial charge in [-0.05, 0) is 12.5 Å². The first kappa shape index (κ1) is 16.8. The molecule has 132 valence electrons. The second-order valence-electron chi connectivity index (χ2n) is 5.42. The molecule has 1 aromatic carbocycles. The van der Waals surface area contributed by atoms with Gasteiger partial charge in [-0.3, -0.25) is 9.36 Å². The van der Waals surface area contributed by atoms with Gasteiger partial charge in [-0.15, -0.1) is 0 Å². The second kappa shape index (κ2) is 7.25. The fourth-order valence-electron chi connectivity index (χ4n) is 2.78. The Balaban J connectivity index is 1.97. The summed E-state index contributed by atoms with van der Waals surface area (Å²) in [5.74, 6) is 2.13. The number of aryl methyl sites for hydroxylation is 2. The third-order valence-corrected chi connectivity index (χ3v) is 3.99. The molecule has 0 aliphatic carbocycles. The number of methoxy groups -OCH3 is 3. The Bertz CT molecular complexity index is 919. The number of hydrogen-bond donors (Lipinski definition) is 1. The molecule has 2 heterocycles. The van der Waals surface area contributed by atoms with E-state index < -0.39 is 0 Å². The van der Waals surface area contributed by atoms with Crippen molar-refractivity contribution in [1.82, 2.24) is 19.5 Å². The van der Waals surface area contributed by atoms with Gasteiger partial charge in [-0.25, -0.2) is 9.97 Å². The summed E-state index contributed by atoms with van der Waals surface area (Å²) >= 11 is 0. The van der Waals surface area contributed by atoms with Gasteiger partial charge >= 0.3 is 0 Å². The Morgan fingerprint density at radius 3 is 2.56 bits per heavy atom. The number of ether oxygens (including phenoxy) is 3. The summed E-state index contributed by atoms with van der Waals surface area (Å²) in [5.41, 5.74) is 0.302. The molecule has 0 saturated carbocycles. The number of H-pyrrole nitrogens is 1. The molecule has 0 radical (unpaired) electrons. The van der Waals surface area contributed by atoms with Crippen molar-refractivity contribution < 1.29 is 14.2 Å². The van der Waals surface area contributed by atoms with E-state index in [0.717, 1.165) is 18.7 Å². The van der Waals surface area contributed by atoms with Gasteiger partial charge in [0.15, 0.2) is 11.5 Å². The predicted molar refractivity (Wildman–Crippen MR) is 92.6 cm³/mol. The maximum absolute atomic E-state index is 12.8. The van der Waals surface area contributed by atoms with Crippen LogP contribution in [0.1, 0.15) is 12.2 Å². The molecule has 0 aliphatic rings. The quantitative estimate of drug-likeness (QED) is 0.702. The van der Waals surface area contributed by atoms with Crippen molar-refractivity contribution in [3.8, 4) is 17.2 Å². The smallest absolute Gasteiger partial charge is 0.261 e. The SMILES string of the molecule is COc1cc2c(=O)n(CCCc3ncc[nH]3)cnc2c(OC)c1OC. The summed E-state index contributed by atoms with van der Waals surface area (Å²) in [6.45, 7) is 0.541.